The van der Waals surface area contributed by atoms with Gasteiger partial charge in [-0.15, -0.1) is 0 Å². The predicted octanol–water partition coefficient (Wildman–Crippen LogP) is 2.80. The zero-order chi connectivity index (χ0) is 22.7. The summed E-state index contributed by atoms with van der Waals surface area (Å²) in [7, 11) is 5.49. The topological polar surface area (TPSA) is 66.6 Å². The lowest BCUT2D eigenvalue weighted by Crippen LogP contribution is -2.38. The Bertz CT molecular complexity index is 1060. The van der Waals surface area contributed by atoms with Crippen molar-refractivity contribution in [2.45, 2.75) is 26.0 Å². The second-order valence-corrected chi connectivity index (χ2v) is 8.03. The molecule has 0 radical (unpaired) electrons. The number of aromatic nitrogens is 4. The molecular weight excluding hydrogens is 413 g/mol. The van der Waals surface area contributed by atoms with Gasteiger partial charge in [0.1, 0.15) is 17.7 Å². The van der Waals surface area contributed by atoms with Gasteiger partial charge in [-0.25, -0.2) is 9.07 Å². The first-order valence-corrected chi connectivity index (χ1v) is 10.8. The van der Waals surface area contributed by atoms with Gasteiger partial charge in [-0.1, -0.05) is 6.07 Å². The molecule has 2 aromatic heterocycles. The molecule has 0 unspecified atom stereocenters. The molecule has 1 atom stereocenters. The predicted molar refractivity (Wildman–Crippen MR) is 117 cm³/mol. The van der Waals surface area contributed by atoms with Crippen molar-refractivity contribution >= 4 is 0 Å². The summed E-state index contributed by atoms with van der Waals surface area (Å²) in [5, 5.41) is 9.16. The van der Waals surface area contributed by atoms with Gasteiger partial charge in [0.25, 0.3) is 0 Å². The SMILES string of the molecule is COc1c(CN2CCO[C@@H](c3cc(CCOc4cccc(F)c4)n(C)n3)C2)c(C)nn1C. The number of hydrogen-bond donors (Lipinski definition) is 0. The highest BCUT2D eigenvalue weighted by Gasteiger charge is 2.27. The highest BCUT2D eigenvalue weighted by Crippen LogP contribution is 2.27. The Labute approximate surface area is 187 Å². The van der Waals surface area contributed by atoms with Crippen molar-refractivity contribution in [3.8, 4) is 11.6 Å². The van der Waals surface area contributed by atoms with E-state index in [0.29, 0.717) is 25.4 Å². The fourth-order valence-corrected chi connectivity index (χ4v) is 4.12. The van der Waals surface area contributed by atoms with Gasteiger partial charge in [-0.3, -0.25) is 9.58 Å². The van der Waals surface area contributed by atoms with Crippen LogP contribution in [0.25, 0.3) is 0 Å². The minimum atomic E-state index is -0.302. The third kappa shape index (κ3) is 4.94. The van der Waals surface area contributed by atoms with Crippen molar-refractivity contribution in [3.63, 3.8) is 0 Å². The molecule has 1 aliphatic rings. The Morgan fingerprint density at radius 1 is 1.19 bits per heavy atom. The van der Waals surface area contributed by atoms with Crippen molar-refractivity contribution in [2.75, 3.05) is 33.4 Å². The van der Waals surface area contributed by atoms with Gasteiger partial charge >= 0.3 is 0 Å². The van der Waals surface area contributed by atoms with E-state index in [1.165, 1.54) is 12.1 Å². The van der Waals surface area contributed by atoms with Crippen molar-refractivity contribution in [1.29, 1.82) is 0 Å². The summed E-state index contributed by atoms with van der Waals surface area (Å²) in [6.45, 7) is 5.43. The molecule has 3 heterocycles. The minimum absolute atomic E-state index is 0.101. The number of methoxy groups -OCH3 is 1. The van der Waals surface area contributed by atoms with Crippen LogP contribution in [0.5, 0.6) is 11.6 Å². The van der Waals surface area contributed by atoms with Gasteiger partial charge in [0, 0.05) is 51.9 Å². The second kappa shape index (κ2) is 9.70. The summed E-state index contributed by atoms with van der Waals surface area (Å²) >= 11 is 0. The number of nitrogens with zero attached hydrogens (tertiary/aromatic N) is 5. The van der Waals surface area contributed by atoms with E-state index >= 15 is 0 Å². The van der Waals surface area contributed by atoms with E-state index < -0.39 is 0 Å². The summed E-state index contributed by atoms with van der Waals surface area (Å²) in [6.07, 6.45) is 0.568. The van der Waals surface area contributed by atoms with Crippen molar-refractivity contribution in [2.24, 2.45) is 14.1 Å². The molecule has 0 spiro atoms. The first-order chi connectivity index (χ1) is 15.4. The first-order valence-electron chi connectivity index (χ1n) is 10.8. The van der Waals surface area contributed by atoms with Crippen molar-refractivity contribution in [1.82, 2.24) is 24.5 Å². The number of aryl methyl sites for hydroxylation is 3. The summed E-state index contributed by atoms with van der Waals surface area (Å²) in [6, 6.07) is 8.25. The van der Waals surface area contributed by atoms with Crippen LogP contribution in [-0.2, 0) is 31.8 Å². The van der Waals surface area contributed by atoms with Crippen LogP contribution in [0.4, 0.5) is 4.39 Å². The van der Waals surface area contributed by atoms with E-state index in [0.717, 1.165) is 48.2 Å². The smallest absolute Gasteiger partial charge is 0.216 e. The first kappa shape index (κ1) is 22.3. The summed E-state index contributed by atoms with van der Waals surface area (Å²) in [5.74, 6) is 1.02. The Balaban J connectivity index is 1.37. The van der Waals surface area contributed by atoms with Gasteiger partial charge in [0.15, 0.2) is 0 Å². The molecule has 0 saturated carbocycles. The van der Waals surface area contributed by atoms with Gasteiger partial charge in [0.2, 0.25) is 5.88 Å². The molecule has 1 aliphatic heterocycles. The lowest BCUT2D eigenvalue weighted by molar-refractivity contribution is -0.0354. The average molecular weight is 444 g/mol. The molecule has 1 aromatic carbocycles. The molecule has 32 heavy (non-hydrogen) atoms. The number of rotatable bonds is 8. The van der Waals surface area contributed by atoms with Gasteiger partial charge < -0.3 is 14.2 Å². The lowest BCUT2D eigenvalue weighted by Gasteiger charge is -2.32. The van der Waals surface area contributed by atoms with Crippen molar-refractivity contribution in [3.05, 3.63) is 58.8 Å². The second-order valence-electron chi connectivity index (χ2n) is 8.03. The van der Waals surface area contributed by atoms with Gasteiger partial charge in [-0.05, 0) is 25.1 Å². The quantitative estimate of drug-likeness (QED) is 0.534. The molecule has 4 rings (SSSR count). The van der Waals surface area contributed by atoms with Crippen LogP contribution < -0.4 is 9.47 Å². The summed E-state index contributed by atoms with van der Waals surface area (Å²) in [5.41, 5.74) is 4.03. The van der Waals surface area contributed by atoms with E-state index in [9.17, 15) is 4.39 Å². The van der Waals surface area contributed by atoms with Gasteiger partial charge in [-0.2, -0.15) is 10.2 Å². The highest BCUT2D eigenvalue weighted by atomic mass is 19.1. The van der Waals surface area contributed by atoms with E-state index in [2.05, 4.69) is 21.2 Å². The van der Waals surface area contributed by atoms with Crippen LogP contribution in [0.3, 0.4) is 0 Å². The number of hydrogen-bond acceptors (Lipinski definition) is 6. The number of benzene rings is 1. The van der Waals surface area contributed by atoms with Crippen LogP contribution >= 0.6 is 0 Å². The molecule has 0 N–H and O–H groups in total. The van der Waals surface area contributed by atoms with E-state index in [-0.39, 0.29) is 11.9 Å². The maximum atomic E-state index is 13.3. The summed E-state index contributed by atoms with van der Waals surface area (Å²) < 4.78 is 34.2. The van der Waals surface area contributed by atoms with Crippen LogP contribution in [0.1, 0.15) is 28.7 Å². The van der Waals surface area contributed by atoms with Crippen LogP contribution in [0.2, 0.25) is 0 Å². The normalized spacial score (nSPS) is 17.0. The van der Waals surface area contributed by atoms with Gasteiger partial charge in [0.05, 0.1) is 37.3 Å². The molecule has 3 aromatic rings. The monoisotopic (exact) mass is 443 g/mol. The average Bonchev–Trinajstić information content (AvgIpc) is 3.27. The Hall–Kier alpha value is -2.91. The third-order valence-electron chi connectivity index (χ3n) is 5.76. The zero-order valence-corrected chi connectivity index (χ0v) is 19.0. The molecule has 9 heteroatoms. The summed E-state index contributed by atoms with van der Waals surface area (Å²) in [4.78, 5) is 2.35. The Morgan fingerprint density at radius 2 is 2.03 bits per heavy atom. The Morgan fingerprint density at radius 3 is 2.81 bits per heavy atom. The van der Waals surface area contributed by atoms with E-state index in [1.54, 1.807) is 23.9 Å². The fraction of sp³-hybridized carbons (Fsp3) is 0.478. The highest BCUT2D eigenvalue weighted by molar-refractivity contribution is 5.31. The maximum absolute atomic E-state index is 13.3. The molecule has 0 amide bonds. The zero-order valence-electron chi connectivity index (χ0n) is 19.0. The van der Waals surface area contributed by atoms with Crippen LogP contribution in [-0.4, -0.2) is 57.9 Å². The van der Waals surface area contributed by atoms with Crippen LogP contribution in [0.15, 0.2) is 30.3 Å². The molecule has 0 aliphatic carbocycles. The molecule has 8 nitrogen and oxygen atoms in total. The van der Waals surface area contributed by atoms with Crippen molar-refractivity contribution < 1.29 is 18.6 Å². The van der Waals surface area contributed by atoms with Crippen LogP contribution in [0, 0.1) is 12.7 Å². The van der Waals surface area contributed by atoms with E-state index in [1.807, 2.05) is 25.7 Å². The molecular formula is C23H30FN5O3. The molecule has 0 bridgehead atoms. The maximum Gasteiger partial charge on any atom is 0.216 e. The largest absolute Gasteiger partial charge is 0.493 e. The number of halogens is 1. The standard InChI is InChI=1S/C23H30FN5O3/c1-16-20(23(30-4)28(3)25-16)14-29-9-11-32-22(15-29)21-13-18(27(2)26-21)8-10-31-19-7-5-6-17(24)12-19/h5-7,12-13,22H,8-11,14-15H2,1-4H3/t22-/m1/s1. The molecule has 1 fully saturated rings. The molecule has 172 valence electrons. The number of ether oxygens (including phenoxy) is 3. The van der Waals surface area contributed by atoms with E-state index in [4.69, 9.17) is 14.2 Å². The Kier molecular flexibility index (Phi) is 6.76. The lowest BCUT2D eigenvalue weighted by atomic mass is 10.1. The third-order valence-corrected chi connectivity index (χ3v) is 5.76. The number of morpholine rings is 1. The minimum Gasteiger partial charge on any atom is -0.493 e. The fourth-order valence-electron chi connectivity index (χ4n) is 4.12. The molecule has 1 saturated heterocycles.